The maximum absolute atomic E-state index is 13.1. The Bertz CT molecular complexity index is 1070. The molecule has 0 saturated carbocycles. The van der Waals surface area contributed by atoms with Crippen LogP contribution >= 0.6 is 0 Å². The van der Waals surface area contributed by atoms with Crippen molar-refractivity contribution in [2.24, 2.45) is 0 Å². The minimum Gasteiger partial charge on any atom is -0.497 e. The van der Waals surface area contributed by atoms with Crippen molar-refractivity contribution in [1.82, 2.24) is 15.5 Å². The third kappa shape index (κ3) is 5.77. The fraction of sp³-hybridized carbons (Fsp3) is 0.407. The second-order valence-electron chi connectivity index (χ2n) is 8.70. The van der Waals surface area contributed by atoms with Crippen LogP contribution in [0.15, 0.2) is 59.8 Å². The van der Waals surface area contributed by atoms with Crippen molar-refractivity contribution in [3.8, 4) is 5.75 Å². The summed E-state index contributed by atoms with van der Waals surface area (Å²) in [5.41, 5.74) is 4.25. The first-order valence-corrected chi connectivity index (χ1v) is 12.2. The number of rotatable bonds is 8. The van der Waals surface area contributed by atoms with Gasteiger partial charge in [0.05, 0.1) is 25.3 Å². The highest BCUT2D eigenvalue weighted by atomic mass is 16.5. The van der Waals surface area contributed by atoms with Crippen molar-refractivity contribution in [1.29, 1.82) is 0 Å². The number of anilines is 1. The van der Waals surface area contributed by atoms with E-state index in [1.165, 1.54) is 5.56 Å². The molecule has 186 valence electrons. The van der Waals surface area contributed by atoms with E-state index in [2.05, 4.69) is 33.4 Å². The third-order valence-electron chi connectivity index (χ3n) is 6.54. The molecule has 0 aliphatic carbocycles. The molecule has 0 aromatic heterocycles. The number of benzene rings is 2. The number of urea groups is 1. The van der Waals surface area contributed by atoms with Crippen molar-refractivity contribution >= 4 is 17.7 Å². The van der Waals surface area contributed by atoms with Gasteiger partial charge in [0.25, 0.3) is 0 Å². The molecule has 0 bridgehead atoms. The van der Waals surface area contributed by atoms with Gasteiger partial charge in [0.15, 0.2) is 0 Å². The molecule has 2 amide bonds. The number of aryl methyl sites for hydroxylation is 1. The highest BCUT2D eigenvalue weighted by Gasteiger charge is 2.34. The Morgan fingerprint density at radius 2 is 1.80 bits per heavy atom. The van der Waals surface area contributed by atoms with Crippen molar-refractivity contribution in [3.05, 3.63) is 70.9 Å². The summed E-state index contributed by atoms with van der Waals surface area (Å²) < 4.78 is 10.8. The molecule has 0 radical (unpaired) electrons. The van der Waals surface area contributed by atoms with Gasteiger partial charge in [-0.3, -0.25) is 4.90 Å². The lowest BCUT2D eigenvalue weighted by Gasteiger charge is -2.38. The third-order valence-corrected chi connectivity index (χ3v) is 6.54. The number of esters is 1. The lowest BCUT2D eigenvalue weighted by Crippen LogP contribution is -2.51. The number of nitrogens with one attached hydrogen (secondary N) is 2. The van der Waals surface area contributed by atoms with E-state index in [0.717, 1.165) is 49.6 Å². The average Bonchev–Trinajstić information content (AvgIpc) is 2.89. The van der Waals surface area contributed by atoms with Gasteiger partial charge < -0.3 is 25.0 Å². The topological polar surface area (TPSA) is 83.1 Å². The molecule has 4 rings (SSSR count). The van der Waals surface area contributed by atoms with Crippen LogP contribution in [0.5, 0.6) is 5.75 Å². The molecule has 1 fully saturated rings. The lowest BCUT2D eigenvalue weighted by molar-refractivity contribution is -0.139. The molecule has 2 aliphatic heterocycles. The summed E-state index contributed by atoms with van der Waals surface area (Å²) in [6, 6.07) is 15.2. The molecule has 2 heterocycles. The number of nitrogens with zero attached hydrogens (tertiary/aromatic N) is 2. The first kappa shape index (κ1) is 24.6. The van der Waals surface area contributed by atoms with Crippen LogP contribution in [0.3, 0.4) is 0 Å². The molecule has 8 heteroatoms. The monoisotopic (exact) mass is 478 g/mol. The van der Waals surface area contributed by atoms with Crippen molar-refractivity contribution in [3.63, 3.8) is 0 Å². The summed E-state index contributed by atoms with van der Waals surface area (Å²) in [5.74, 6) is 0.430. The highest BCUT2D eigenvalue weighted by molar-refractivity contribution is 5.95. The summed E-state index contributed by atoms with van der Waals surface area (Å²) in [6.07, 6.45) is 0.923. The molecule has 0 unspecified atom stereocenters. The zero-order valence-corrected chi connectivity index (χ0v) is 20.7. The highest BCUT2D eigenvalue weighted by Crippen LogP contribution is 2.29. The number of methoxy groups -OCH3 is 1. The average molecular weight is 479 g/mol. The molecule has 8 nitrogen and oxygen atoms in total. The van der Waals surface area contributed by atoms with E-state index in [1.807, 2.05) is 42.5 Å². The van der Waals surface area contributed by atoms with Gasteiger partial charge in [-0.15, -0.1) is 0 Å². The molecule has 2 N–H and O–H groups in total. The van der Waals surface area contributed by atoms with Gasteiger partial charge in [-0.2, -0.15) is 0 Å². The van der Waals surface area contributed by atoms with E-state index in [4.69, 9.17) is 9.47 Å². The van der Waals surface area contributed by atoms with Crippen LogP contribution in [0.2, 0.25) is 0 Å². The Labute approximate surface area is 206 Å². The maximum Gasteiger partial charge on any atom is 0.338 e. The molecular formula is C27H34N4O4. The van der Waals surface area contributed by atoms with Crippen LogP contribution in [-0.2, 0) is 16.0 Å². The summed E-state index contributed by atoms with van der Waals surface area (Å²) >= 11 is 0. The van der Waals surface area contributed by atoms with Crippen LogP contribution in [-0.4, -0.2) is 63.3 Å². The second-order valence-corrected chi connectivity index (χ2v) is 8.70. The summed E-state index contributed by atoms with van der Waals surface area (Å²) in [6.45, 7) is 7.90. The van der Waals surface area contributed by atoms with Gasteiger partial charge in [-0.25, -0.2) is 9.59 Å². The molecule has 2 aliphatic rings. The molecule has 1 saturated heterocycles. The Balaban J connectivity index is 1.54. The first-order valence-electron chi connectivity index (χ1n) is 12.2. The maximum atomic E-state index is 13.1. The fourth-order valence-corrected chi connectivity index (χ4v) is 4.58. The van der Waals surface area contributed by atoms with Crippen LogP contribution < -0.4 is 20.3 Å². The fourth-order valence-electron chi connectivity index (χ4n) is 4.58. The predicted molar refractivity (Wildman–Crippen MR) is 136 cm³/mol. The summed E-state index contributed by atoms with van der Waals surface area (Å²) in [4.78, 5) is 30.2. The number of carbonyl (C=O) groups excluding carboxylic acids is 2. The normalized spacial score (nSPS) is 18.7. The molecular weight excluding hydrogens is 444 g/mol. The van der Waals surface area contributed by atoms with E-state index < -0.39 is 12.0 Å². The molecule has 2 aromatic rings. The zero-order chi connectivity index (χ0) is 24.8. The number of piperazine rings is 1. The van der Waals surface area contributed by atoms with Gasteiger partial charge in [-0.1, -0.05) is 37.3 Å². The van der Waals surface area contributed by atoms with E-state index in [1.54, 1.807) is 14.0 Å². The van der Waals surface area contributed by atoms with Crippen LogP contribution in [0.4, 0.5) is 10.5 Å². The molecule has 0 spiro atoms. The van der Waals surface area contributed by atoms with Gasteiger partial charge in [0.1, 0.15) is 5.75 Å². The number of hydrogen-bond donors (Lipinski definition) is 2. The molecule has 1 atom stereocenters. The Morgan fingerprint density at radius 1 is 1.06 bits per heavy atom. The Kier molecular flexibility index (Phi) is 7.92. The Morgan fingerprint density at radius 3 is 2.46 bits per heavy atom. The van der Waals surface area contributed by atoms with Crippen molar-refractivity contribution in [2.75, 3.05) is 51.3 Å². The van der Waals surface area contributed by atoms with Crippen molar-refractivity contribution < 1.29 is 19.1 Å². The summed E-state index contributed by atoms with van der Waals surface area (Å²) in [5, 5.41) is 5.81. The summed E-state index contributed by atoms with van der Waals surface area (Å²) in [7, 11) is 1.67. The van der Waals surface area contributed by atoms with E-state index in [-0.39, 0.29) is 12.6 Å². The predicted octanol–water partition coefficient (Wildman–Crippen LogP) is 3.25. The standard InChI is InChI=1S/C27H34N4O4/c1-4-19-9-11-20(12-10-19)25-24(26(32)35-5-2)23(28-27(33)29-25)18-30-13-15-31(16-14-30)21-7-6-8-22(17-21)34-3/h6-12,17,25H,4-5,13-16,18H2,1-3H3,(H2,28,29,33)/t25-/m1/s1. The minimum absolute atomic E-state index is 0.268. The van der Waals surface area contributed by atoms with Gasteiger partial charge in [-0.05, 0) is 36.6 Å². The number of ether oxygens (including phenoxy) is 2. The Hall–Kier alpha value is -3.52. The molecule has 2 aromatic carbocycles. The molecule has 35 heavy (non-hydrogen) atoms. The van der Waals surface area contributed by atoms with Gasteiger partial charge in [0.2, 0.25) is 0 Å². The number of amides is 2. The minimum atomic E-state index is -0.554. The van der Waals surface area contributed by atoms with E-state index >= 15 is 0 Å². The smallest absolute Gasteiger partial charge is 0.338 e. The van der Waals surface area contributed by atoms with Gasteiger partial charge >= 0.3 is 12.0 Å². The SMILES string of the molecule is CCOC(=O)C1=C(CN2CCN(c3cccc(OC)c3)CC2)NC(=O)N[C@@H]1c1ccc(CC)cc1. The number of carbonyl (C=O) groups is 2. The zero-order valence-electron chi connectivity index (χ0n) is 20.7. The van der Waals surface area contributed by atoms with Crippen molar-refractivity contribution in [2.45, 2.75) is 26.3 Å². The van der Waals surface area contributed by atoms with E-state index in [9.17, 15) is 9.59 Å². The van der Waals surface area contributed by atoms with Crippen LogP contribution in [0.1, 0.15) is 31.0 Å². The quantitative estimate of drug-likeness (QED) is 0.567. The van der Waals surface area contributed by atoms with Crippen LogP contribution in [0.25, 0.3) is 0 Å². The van der Waals surface area contributed by atoms with Crippen LogP contribution in [0, 0.1) is 0 Å². The lowest BCUT2D eigenvalue weighted by atomic mass is 9.94. The number of hydrogen-bond acceptors (Lipinski definition) is 6. The first-order chi connectivity index (χ1) is 17.0. The van der Waals surface area contributed by atoms with E-state index in [0.29, 0.717) is 17.8 Å². The second kappa shape index (κ2) is 11.3. The van der Waals surface area contributed by atoms with Gasteiger partial charge in [0, 0.05) is 50.2 Å². The largest absolute Gasteiger partial charge is 0.497 e.